The molecule has 1 heterocycles. The van der Waals surface area contributed by atoms with Gasteiger partial charge in [-0.3, -0.25) is 14.9 Å². The second-order valence-corrected chi connectivity index (χ2v) is 11.7. The summed E-state index contributed by atoms with van der Waals surface area (Å²) in [4.78, 5) is 25.4. The third-order valence-corrected chi connectivity index (χ3v) is 9.70. The molecule has 2 saturated carbocycles. The summed E-state index contributed by atoms with van der Waals surface area (Å²) in [6.07, 6.45) is 2.04. The fourth-order valence-electron chi connectivity index (χ4n) is 5.12. The van der Waals surface area contributed by atoms with Gasteiger partial charge in [0.25, 0.3) is 5.91 Å². The topological polar surface area (TPSA) is 81.2 Å². The molecule has 2 aliphatic carbocycles. The number of nitrogens with one attached hydrogen (secondary N) is 1. The van der Waals surface area contributed by atoms with Gasteiger partial charge < -0.3 is 4.74 Å². The number of Topliss-reactive ketones (excluding diaryl/α,β-unsaturated/α-hetero) is 1. The Balaban J connectivity index is 1.18. The van der Waals surface area contributed by atoms with Crippen molar-refractivity contribution in [3.8, 4) is 5.75 Å². The number of fused-ring (bicyclic) bond motifs is 3. The predicted molar refractivity (Wildman–Crippen MR) is 127 cm³/mol. The second kappa shape index (κ2) is 7.85. The quantitative estimate of drug-likeness (QED) is 0.502. The van der Waals surface area contributed by atoms with Crippen LogP contribution in [0.5, 0.6) is 5.75 Å². The Labute approximate surface area is 195 Å². The number of benzene rings is 2. The maximum Gasteiger partial charge on any atom is 0.264 e. The lowest BCUT2D eigenvalue weighted by Gasteiger charge is -2.32. The number of aromatic nitrogens is 2. The average molecular weight is 468 g/mol. The zero-order valence-corrected chi connectivity index (χ0v) is 19.9. The molecule has 3 atom stereocenters. The lowest BCUT2D eigenvalue weighted by atomic mass is 9.70. The van der Waals surface area contributed by atoms with Crippen molar-refractivity contribution in [2.75, 3.05) is 11.9 Å². The van der Waals surface area contributed by atoms with Gasteiger partial charge in [0.05, 0.1) is 5.25 Å². The fraction of sp³-hybridized carbons (Fsp3) is 0.417. The van der Waals surface area contributed by atoms with E-state index in [-0.39, 0.29) is 28.6 Å². The molecule has 0 radical (unpaired) electrons. The van der Waals surface area contributed by atoms with E-state index in [0.717, 1.165) is 23.6 Å². The SMILES string of the molecule is CC12CCC(C(Sc3nnc(NC(=O)COc4ccc5ccccc5c4)s3)C1=O)C2(C)C. The number of rotatable bonds is 6. The highest BCUT2D eigenvalue weighted by atomic mass is 32.2. The monoisotopic (exact) mass is 467 g/mol. The van der Waals surface area contributed by atoms with Crippen LogP contribution in [-0.4, -0.2) is 33.7 Å². The minimum atomic E-state index is -0.296. The van der Waals surface area contributed by atoms with E-state index in [1.807, 2.05) is 42.5 Å². The minimum absolute atomic E-state index is 0.00356. The van der Waals surface area contributed by atoms with Crippen LogP contribution in [-0.2, 0) is 9.59 Å². The van der Waals surface area contributed by atoms with Crippen LogP contribution >= 0.6 is 23.1 Å². The van der Waals surface area contributed by atoms with E-state index in [9.17, 15) is 9.59 Å². The molecule has 0 saturated heterocycles. The van der Waals surface area contributed by atoms with Crippen LogP contribution in [0, 0.1) is 16.7 Å². The Morgan fingerprint density at radius 2 is 1.97 bits per heavy atom. The van der Waals surface area contributed by atoms with E-state index in [1.54, 1.807) is 0 Å². The van der Waals surface area contributed by atoms with Crippen molar-refractivity contribution in [1.82, 2.24) is 10.2 Å². The Hall–Kier alpha value is -2.45. The highest BCUT2D eigenvalue weighted by Crippen LogP contribution is 2.66. The van der Waals surface area contributed by atoms with Gasteiger partial charge in [0.15, 0.2) is 16.7 Å². The smallest absolute Gasteiger partial charge is 0.264 e. The number of ketones is 1. The zero-order chi connectivity index (χ0) is 22.5. The second-order valence-electron chi connectivity index (χ2n) is 9.32. The van der Waals surface area contributed by atoms with Crippen LogP contribution in [0.1, 0.15) is 33.6 Å². The van der Waals surface area contributed by atoms with Crippen molar-refractivity contribution in [2.24, 2.45) is 16.7 Å². The van der Waals surface area contributed by atoms with Gasteiger partial charge in [0.1, 0.15) is 5.75 Å². The number of anilines is 1. The number of hydrogen-bond acceptors (Lipinski definition) is 7. The molecule has 1 amide bonds. The fourth-order valence-corrected chi connectivity index (χ4v) is 7.66. The normalized spacial score (nSPS) is 25.9. The summed E-state index contributed by atoms with van der Waals surface area (Å²) in [5.74, 6) is 1.02. The number of carbonyl (C=O) groups is 2. The first kappa shape index (κ1) is 21.4. The summed E-state index contributed by atoms with van der Waals surface area (Å²) >= 11 is 2.80. The van der Waals surface area contributed by atoms with E-state index >= 15 is 0 Å². The number of nitrogens with zero attached hydrogens (tertiary/aromatic N) is 2. The summed E-state index contributed by atoms with van der Waals surface area (Å²) in [6.45, 7) is 6.42. The molecule has 5 rings (SSSR count). The van der Waals surface area contributed by atoms with Crippen molar-refractivity contribution in [3.05, 3.63) is 42.5 Å². The number of hydrogen-bond donors (Lipinski definition) is 1. The molecule has 2 fully saturated rings. The molecule has 166 valence electrons. The molecule has 1 N–H and O–H groups in total. The lowest BCUT2D eigenvalue weighted by molar-refractivity contribution is -0.127. The van der Waals surface area contributed by atoms with Crippen molar-refractivity contribution >= 4 is 50.7 Å². The maximum atomic E-state index is 13.0. The number of carbonyl (C=O) groups excluding carboxylic acids is 2. The van der Waals surface area contributed by atoms with Gasteiger partial charge in [-0.05, 0) is 47.1 Å². The van der Waals surface area contributed by atoms with E-state index in [0.29, 0.717) is 26.9 Å². The Morgan fingerprint density at radius 1 is 1.19 bits per heavy atom. The molecule has 32 heavy (non-hydrogen) atoms. The summed E-state index contributed by atoms with van der Waals surface area (Å²) in [6, 6.07) is 13.7. The summed E-state index contributed by atoms with van der Waals surface area (Å²) in [5, 5.41) is 13.5. The highest BCUT2D eigenvalue weighted by Gasteiger charge is 2.66. The van der Waals surface area contributed by atoms with Gasteiger partial charge in [-0.2, -0.15) is 0 Å². The lowest BCUT2D eigenvalue weighted by Crippen LogP contribution is -2.34. The summed E-state index contributed by atoms with van der Waals surface area (Å²) < 4.78 is 6.35. The summed E-state index contributed by atoms with van der Waals surface area (Å²) in [7, 11) is 0. The van der Waals surface area contributed by atoms with E-state index in [4.69, 9.17) is 4.74 Å². The minimum Gasteiger partial charge on any atom is -0.484 e. The first-order valence-corrected chi connectivity index (χ1v) is 12.4. The average Bonchev–Trinajstić information content (AvgIpc) is 3.35. The Morgan fingerprint density at radius 3 is 2.72 bits per heavy atom. The van der Waals surface area contributed by atoms with Crippen LogP contribution in [0.15, 0.2) is 46.8 Å². The molecule has 0 aliphatic heterocycles. The molecular weight excluding hydrogens is 442 g/mol. The Bertz CT molecular complexity index is 1210. The largest absolute Gasteiger partial charge is 0.484 e. The number of ether oxygens (including phenoxy) is 1. The van der Waals surface area contributed by atoms with Crippen molar-refractivity contribution in [3.63, 3.8) is 0 Å². The third kappa shape index (κ3) is 3.49. The molecular formula is C24H25N3O3S2. The first-order chi connectivity index (χ1) is 15.3. The maximum absolute atomic E-state index is 13.0. The third-order valence-electron chi connectivity index (χ3n) is 7.44. The van der Waals surface area contributed by atoms with Crippen LogP contribution in [0.3, 0.4) is 0 Å². The van der Waals surface area contributed by atoms with Crippen LogP contribution in [0.4, 0.5) is 5.13 Å². The standard InChI is InChI=1S/C24H25N3O3S2/c1-23(2)17-10-11-24(23,3)20(29)19(17)31-22-27-26-21(32-22)25-18(28)13-30-16-9-8-14-6-4-5-7-15(14)12-16/h4-9,12,17,19H,10-11,13H2,1-3H3,(H,25,26,28). The van der Waals surface area contributed by atoms with E-state index in [1.165, 1.54) is 23.1 Å². The van der Waals surface area contributed by atoms with Crippen LogP contribution < -0.4 is 10.1 Å². The van der Waals surface area contributed by atoms with Gasteiger partial charge >= 0.3 is 0 Å². The number of thioether (sulfide) groups is 1. The molecule has 6 nitrogen and oxygen atoms in total. The van der Waals surface area contributed by atoms with Crippen LogP contribution in [0.25, 0.3) is 10.8 Å². The summed E-state index contributed by atoms with van der Waals surface area (Å²) in [5.41, 5.74) is -0.249. The van der Waals surface area contributed by atoms with E-state index < -0.39 is 0 Å². The van der Waals surface area contributed by atoms with Gasteiger partial charge in [0.2, 0.25) is 5.13 Å². The van der Waals surface area contributed by atoms with Gasteiger partial charge in [0, 0.05) is 5.41 Å². The molecule has 8 heteroatoms. The van der Waals surface area contributed by atoms with Crippen molar-refractivity contribution < 1.29 is 14.3 Å². The molecule has 3 unspecified atom stereocenters. The molecule has 1 aromatic heterocycles. The molecule has 2 aliphatic rings. The molecule has 0 spiro atoms. The van der Waals surface area contributed by atoms with Gasteiger partial charge in [-0.25, -0.2) is 0 Å². The Kier molecular flexibility index (Phi) is 5.25. The first-order valence-electron chi connectivity index (χ1n) is 10.7. The zero-order valence-electron chi connectivity index (χ0n) is 18.3. The van der Waals surface area contributed by atoms with E-state index in [2.05, 4.69) is 36.3 Å². The van der Waals surface area contributed by atoms with Crippen molar-refractivity contribution in [2.45, 2.75) is 43.2 Å². The van der Waals surface area contributed by atoms with Gasteiger partial charge in [-0.1, -0.05) is 74.2 Å². The molecule has 2 aromatic carbocycles. The molecule has 2 bridgehead atoms. The van der Waals surface area contributed by atoms with Crippen LogP contribution in [0.2, 0.25) is 0 Å². The van der Waals surface area contributed by atoms with Gasteiger partial charge in [-0.15, -0.1) is 10.2 Å². The number of amides is 1. The predicted octanol–water partition coefficient (Wildman–Crippen LogP) is 5.19. The highest BCUT2D eigenvalue weighted by molar-refractivity contribution is 8.02. The van der Waals surface area contributed by atoms with Crippen molar-refractivity contribution in [1.29, 1.82) is 0 Å². The molecule has 3 aromatic rings.